The molecule has 0 spiro atoms. The van der Waals surface area contributed by atoms with Crippen molar-refractivity contribution in [1.82, 2.24) is 0 Å². The Morgan fingerprint density at radius 3 is 2.75 bits per heavy atom. The largest absolute Gasteiger partial charge is 0.463 e. The smallest absolute Gasteiger partial charge is 0.347 e. The monoisotopic (exact) mass is 354 g/mol. The van der Waals surface area contributed by atoms with Gasteiger partial charge < -0.3 is 9.47 Å². The Morgan fingerprint density at radius 2 is 2.10 bits per heavy atom. The van der Waals surface area contributed by atoms with Crippen LogP contribution >= 0.6 is 46.6 Å². The molecule has 0 radical (unpaired) electrons. The minimum absolute atomic E-state index is 0.0153. The molecule has 8 heteroatoms. The Bertz CT molecular complexity index is 550. The van der Waals surface area contributed by atoms with E-state index in [0.29, 0.717) is 16.3 Å². The number of benzene rings is 1. The van der Waals surface area contributed by atoms with Gasteiger partial charge in [0.05, 0.1) is 27.4 Å². The number of cyclic esters (lactones) is 1. The van der Waals surface area contributed by atoms with E-state index < -0.39 is 18.0 Å². The Hall–Kier alpha value is -0.620. The SMILES string of the molecule is O=C(CSc1ccc(Cl)c(Cl)c1Cl)OC1CCOC1=O. The first-order valence-electron chi connectivity index (χ1n) is 5.61. The first-order valence-corrected chi connectivity index (χ1v) is 7.73. The summed E-state index contributed by atoms with van der Waals surface area (Å²) in [7, 11) is 0. The van der Waals surface area contributed by atoms with Crippen molar-refractivity contribution in [2.75, 3.05) is 12.4 Å². The van der Waals surface area contributed by atoms with Gasteiger partial charge in [-0.25, -0.2) is 4.79 Å². The minimum atomic E-state index is -0.799. The van der Waals surface area contributed by atoms with Crippen LogP contribution in [0.4, 0.5) is 0 Å². The molecule has 1 saturated heterocycles. The lowest BCUT2D eigenvalue weighted by Crippen LogP contribution is -2.23. The fourth-order valence-electron chi connectivity index (χ4n) is 1.53. The van der Waals surface area contributed by atoms with Crippen LogP contribution in [0.25, 0.3) is 0 Å². The maximum absolute atomic E-state index is 11.6. The summed E-state index contributed by atoms with van der Waals surface area (Å²) in [5.74, 6) is -1.00. The van der Waals surface area contributed by atoms with Crippen molar-refractivity contribution in [3.8, 4) is 0 Å². The molecule has 2 rings (SSSR count). The number of thioether (sulfide) groups is 1. The fraction of sp³-hybridized carbons (Fsp3) is 0.333. The van der Waals surface area contributed by atoms with E-state index in [2.05, 4.69) is 0 Å². The normalized spacial score (nSPS) is 17.9. The fourth-order valence-corrected chi connectivity index (χ4v) is 3.02. The average Bonchev–Trinajstić information content (AvgIpc) is 2.81. The van der Waals surface area contributed by atoms with Gasteiger partial charge in [0.2, 0.25) is 6.10 Å². The molecule has 0 aromatic heterocycles. The lowest BCUT2D eigenvalue weighted by atomic mass is 10.3. The zero-order chi connectivity index (χ0) is 14.7. The molecule has 20 heavy (non-hydrogen) atoms. The van der Waals surface area contributed by atoms with E-state index in [4.69, 9.17) is 44.3 Å². The third-order valence-corrected chi connectivity index (χ3v) is 4.94. The molecular formula is C12H9Cl3O4S. The molecule has 0 aliphatic carbocycles. The predicted molar refractivity (Wildman–Crippen MR) is 77.7 cm³/mol. The van der Waals surface area contributed by atoms with Crippen molar-refractivity contribution in [3.63, 3.8) is 0 Å². The van der Waals surface area contributed by atoms with E-state index in [1.165, 1.54) is 0 Å². The van der Waals surface area contributed by atoms with Gasteiger partial charge in [-0.2, -0.15) is 0 Å². The van der Waals surface area contributed by atoms with Crippen molar-refractivity contribution in [2.24, 2.45) is 0 Å². The molecule has 4 nitrogen and oxygen atoms in total. The van der Waals surface area contributed by atoms with Crippen LogP contribution in [0, 0.1) is 0 Å². The number of hydrogen-bond donors (Lipinski definition) is 0. The number of hydrogen-bond acceptors (Lipinski definition) is 5. The summed E-state index contributed by atoms with van der Waals surface area (Å²) in [6.07, 6.45) is -0.407. The summed E-state index contributed by atoms with van der Waals surface area (Å²) in [6.45, 7) is 0.280. The zero-order valence-corrected chi connectivity index (χ0v) is 13.1. The van der Waals surface area contributed by atoms with Crippen LogP contribution in [-0.4, -0.2) is 30.4 Å². The highest BCUT2D eigenvalue weighted by molar-refractivity contribution is 8.00. The second-order valence-corrected chi connectivity index (χ2v) is 6.08. The van der Waals surface area contributed by atoms with Gasteiger partial charge in [0.25, 0.3) is 0 Å². The standard InChI is InChI=1S/C12H9Cl3O4S/c13-6-1-2-8(11(15)10(6)14)20-5-9(16)19-7-3-4-18-12(7)17/h1-2,7H,3-5H2. The van der Waals surface area contributed by atoms with Gasteiger partial charge in [-0.05, 0) is 12.1 Å². The summed E-state index contributed by atoms with van der Waals surface area (Å²) < 4.78 is 9.70. The lowest BCUT2D eigenvalue weighted by Gasteiger charge is -2.09. The molecule has 1 heterocycles. The Balaban J connectivity index is 1.90. The van der Waals surface area contributed by atoms with Crippen LogP contribution in [0.5, 0.6) is 0 Å². The van der Waals surface area contributed by atoms with E-state index in [-0.39, 0.29) is 22.4 Å². The summed E-state index contributed by atoms with van der Waals surface area (Å²) in [5.41, 5.74) is 0. The van der Waals surface area contributed by atoms with E-state index in [0.717, 1.165) is 11.8 Å². The van der Waals surface area contributed by atoms with Gasteiger partial charge in [0.1, 0.15) is 0 Å². The molecular weight excluding hydrogens is 347 g/mol. The van der Waals surface area contributed by atoms with Crippen molar-refractivity contribution >= 4 is 58.5 Å². The molecule has 1 aromatic carbocycles. The maximum Gasteiger partial charge on any atom is 0.347 e. The topological polar surface area (TPSA) is 52.6 Å². The molecule has 0 amide bonds. The number of rotatable bonds is 4. The van der Waals surface area contributed by atoms with Gasteiger partial charge in [0.15, 0.2) is 0 Å². The molecule has 1 aromatic rings. The first kappa shape index (κ1) is 15.8. The molecule has 0 N–H and O–H groups in total. The Labute approximate surface area is 134 Å². The third kappa shape index (κ3) is 3.73. The second-order valence-electron chi connectivity index (χ2n) is 3.90. The highest BCUT2D eigenvalue weighted by Gasteiger charge is 2.30. The minimum Gasteiger partial charge on any atom is -0.463 e. The molecule has 1 unspecified atom stereocenters. The van der Waals surface area contributed by atoms with Gasteiger partial charge >= 0.3 is 11.9 Å². The molecule has 0 saturated carbocycles. The van der Waals surface area contributed by atoms with Gasteiger partial charge in [-0.15, -0.1) is 11.8 Å². The number of carbonyl (C=O) groups is 2. The van der Waals surface area contributed by atoms with Crippen LogP contribution in [0.15, 0.2) is 17.0 Å². The van der Waals surface area contributed by atoms with Crippen LogP contribution < -0.4 is 0 Å². The number of ether oxygens (including phenoxy) is 2. The van der Waals surface area contributed by atoms with Crippen LogP contribution in [0.2, 0.25) is 15.1 Å². The summed E-state index contributed by atoms with van der Waals surface area (Å²) in [5, 5.41) is 0.876. The van der Waals surface area contributed by atoms with Crippen molar-refractivity contribution in [3.05, 3.63) is 27.2 Å². The molecule has 108 valence electrons. The maximum atomic E-state index is 11.6. The second kappa shape index (κ2) is 6.89. The van der Waals surface area contributed by atoms with Crippen molar-refractivity contribution in [1.29, 1.82) is 0 Å². The zero-order valence-electron chi connectivity index (χ0n) is 10.0. The van der Waals surface area contributed by atoms with Crippen molar-refractivity contribution < 1.29 is 19.1 Å². The van der Waals surface area contributed by atoms with E-state index in [9.17, 15) is 9.59 Å². The summed E-state index contributed by atoms with van der Waals surface area (Å²) in [4.78, 5) is 23.4. The lowest BCUT2D eigenvalue weighted by molar-refractivity contribution is -0.158. The number of esters is 2. The van der Waals surface area contributed by atoms with E-state index >= 15 is 0 Å². The Kier molecular flexibility index (Phi) is 5.43. The van der Waals surface area contributed by atoms with Crippen molar-refractivity contribution in [2.45, 2.75) is 17.4 Å². The van der Waals surface area contributed by atoms with Crippen LogP contribution in [-0.2, 0) is 19.1 Å². The van der Waals surface area contributed by atoms with Gasteiger partial charge in [0, 0.05) is 11.3 Å². The highest BCUT2D eigenvalue weighted by Crippen LogP contribution is 2.37. The molecule has 1 aliphatic heterocycles. The van der Waals surface area contributed by atoms with Crippen LogP contribution in [0.1, 0.15) is 6.42 Å². The first-order chi connectivity index (χ1) is 9.49. The molecule has 1 aliphatic rings. The van der Waals surface area contributed by atoms with Crippen LogP contribution in [0.3, 0.4) is 0 Å². The number of halogens is 3. The molecule has 0 bridgehead atoms. The van der Waals surface area contributed by atoms with Gasteiger partial charge in [-0.1, -0.05) is 34.8 Å². The van der Waals surface area contributed by atoms with E-state index in [1.807, 2.05) is 0 Å². The average molecular weight is 356 g/mol. The summed E-state index contributed by atoms with van der Waals surface area (Å²) in [6, 6.07) is 3.26. The van der Waals surface area contributed by atoms with E-state index in [1.54, 1.807) is 12.1 Å². The Morgan fingerprint density at radius 1 is 1.35 bits per heavy atom. The summed E-state index contributed by atoms with van der Waals surface area (Å²) >= 11 is 18.9. The predicted octanol–water partition coefficient (Wildman–Crippen LogP) is 3.60. The quantitative estimate of drug-likeness (QED) is 0.469. The number of carbonyl (C=O) groups excluding carboxylic acids is 2. The third-order valence-electron chi connectivity index (χ3n) is 2.51. The highest BCUT2D eigenvalue weighted by atomic mass is 35.5. The van der Waals surface area contributed by atoms with Gasteiger partial charge in [-0.3, -0.25) is 4.79 Å². The molecule has 1 atom stereocenters. The molecule has 1 fully saturated rings.